The van der Waals surface area contributed by atoms with Gasteiger partial charge in [-0.2, -0.15) is 0 Å². The molecule has 4 nitrogen and oxygen atoms in total. The molecule has 1 aromatic heterocycles. The molecule has 3 N–H and O–H groups in total. The maximum atomic E-state index is 11.2. The van der Waals surface area contributed by atoms with Gasteiger partial charge in [0.1, 0.15) is 6.04 Å². The van der Waals surface area contributed by atoms with Crippen molar-refractivity contribution in [3.63, 3.8) is 0 Å². The maximum absolute atomic E-state index is 11.2. The van der Waals surface area contributed by atoms with Gasteiger partial charge in [-0.25, -0.2) is 0 Å². The van der Waals surface area contributed by atoms with E-state index in [1.165, 1.54) is 31.3 Å². The Morgan fingerprint density at radius 1 is 1.50 bits per heavy atom. The van der Waals surface area contributed by atoms with Crippen LogP contribution in [0.25, 0.3) is 0 Å². The van der Waals surface area contributed by atoms with Gasteiger partial charge in [-0.15, -0.1) is 0 Å². The number of aromatic amines is 1. The number of carbonyl (C=O) groups is 1. The monoisotopic (exact) mass is 248 g/mol. The largest absolute Gasteiger partial charge is 0.480 e. The highest BCUT2D eigenvalue weighted by atomic mass is 16.4. The minimum Gasteiger partial charge on any atom is -0.480 e. The average molecular weight is 248 g/mol. The van der Waals surface area contributed by atoms with Gasteiger partial charge in [-0.05, 0) is 44.2 Å². The number of H-pyrrole nitrogens is 1. The summed E-state index contributed by atoms with van der Waals surface area (Å²) in [6.45, 7) is 0.710. The number of allylic oxidation sites excluding steroid dienone is 1. The van der Waals surface area contributed by atoms with E-state index in [1.807, 2.05) is 6.07 Å². The summed E-state index contributed by atoms with van der Waals surface area (Å²) in [7, 11) is 0. The Hall–Kier alpha value is -1.55. The van der Waals surface area contributed by atoms with E-state index in [4.69, 9.17) is 0 Å². The van der Waals surface area contributed by atoms with E-state index in [0.717, 1.165) is 6.42 Å². The van der Waals surface area contributed by atoms with Crippen LogP contribution in [-0.4, -0.2) is 22.6 Å². The van der Waals surface area contributed by atoms with Crippen molar-refractivity contribution in [1.82, 2.24) is 10.3 Å². The van der Waals surface area contributed by atoms with Gasteiger partial charge in [0.15, 0.2) is 0 Å². The standard InChI is InChI=1S/C14H20N2O2/c17-14(18)13(12-7-4-9-15-12)16-10-8-11-5-2-1-3-6-11/h4-5,7,9,13,15-16H,1-3,6,8,10H2,(H,17,18). The summed E-state index contributed by atoms with van der Waals surface area (Å²) in [6.07, 6.45) is 9.90. The van der Waals surface area contributed by atoms with E-state index in [1.54, 1.807) is 12.3 Å². The number of hydrogen-bond donors (Lipinski definition) is 3. The van der Waals surface area contributed by atoms with Crippen LogP contribution in [0.2, 0.25) is 0 Å². The van der Waals surface area contributed by atoms with Crippen molar-refractivity contribution in [3.05, 3.63) is 35.7 Å². The minimum atomic E-state index is -0.838. The predicted molar refractivity (Wildman–Crippen MR) is 70.3 cm³/mol. The zero-order valence-corrected chi connectivity index (χ0v) is 10.5. The molecule has 1 atom stereocenters. The molecule has 1 aliphatic rings. The summed E-state index contributed by atoms with van der Waals surface area (Å²) in [5.41, 5.74) is 2.17. The lowest BCUT2D eigenvalue weighted by molar-refractivity contribution is -0.139. The van der Waals surface area contributed by atoms with Gasteiger partial charge in [0.05, 0.1) is 0 Å². The molecule has 4 heteroatoms. The number of nitrogens with one attached hydrogen (secondary N) is 2. The van der Waals surface area contributed by atoms with Gasteiger partial charge >= 0.3 is 5.97 Å². The van der Waals surface area contributed by atoms with Crippen LogP contribution in [-0.2, 0) is 4.79 Å². The van der Waals surface area contributed by atoms with Crippen LogP contribution in [0.15, 0.2) is 30.0 Å². The Morgan fingerprint density at radius 3 is 3.00 bits per heavy atom. The average Bonchev–Trinajstić information content (AvgIpc) is 2.89. The molecule has 1 aliphatic carbocycles. The summed E-state index contributed by atoms with van der Waals surface area (Å²) in [6, 6.07) is 2.98. The summed E-state index contributed by atoms with van der Waals surface area (Å²) in [4.78, 5) is 14.1. The second-order valence-corrected chi connectivity index (χ2v) is 4.71. The highest BCUT2D eigenvalue weighted by Gasteiger charge is 2.19. The Balaban J connectivity index is 1.83. The third-order valence-corrected chi connectivity index (χ3v) is 3.36. The molecule has 0 radical (unpaired) electrons. The first-order chi connectivity index (χ1) is 8.77. The van der Waals surface area contributed by atoms with Gasteiger partial charge in [-0.1, -0.05) is 11.6 Å². The summed E-state index contributed by atoms with van der Waals surface area (Å²) in [5, 5.41) is 12.3. The third-order valence-electron chi connectivity index (χ3n) is 3.36. The van der Waals surface area contributed by atoms with Gasteiger partial charge in [0, 0.05) is 18.4 Å². The molecular weight excluding hydrogens is 228 g/mol. The molecule has 0 fully saturated rings. The quantitative estimate of drug-likeness (QED) is 0.678. The van der Waals surface area contributed by atoms with Gasteiger partial charge in [-0.3, -0.25) is 10.1 Å². The number of carboxylic acid groups (broad SMARTS) is 1. The first-order valence-corrected chi connectivity index (χ1v) is 6.55. The Morgan fingerprint density at radius 2 is 2.39 bits per heavy atom. The normalized spacial score (nSPS) is 17.2. The zero-order chi connectivity index (χ0) is 12.8. The SMILES string of the molecule is O=C(O)C(NCCC1=CCCCC1)c1ccc[nH]1. The van der Waals surface area contributed by atoms with Crippen molar-refractivity contribution >= 4 is 5.97 Å². The molecule has 1 aromatic rings. The van der Waals surface area contributed by atoms with Crippen LogP contribution in [0.5, 0.6) is 0 Å². The zero-order valence-electron chi connectivity index (χ0n) is 10.5. The molecule has 0 saturated heterocycles. The predicted octanol–water partition coefficient (Wildman–Crippen LogP) is 2.62. The van der Waals surface area contributed by atoms with E-state index >= 15 is 0 Å². The molecule has 0 aliphatic heterocycles. The molecule has 0 spiro atoms. The van der Waals surface area contributed by atoms with Crippen molar-refractivity contribution in [2.75, 3.05) is 6.54 Å². The van der Waals surface area contributed by atoms with Crippen LogP contribution in [0, 0.1) is 0 Å². The van der Waals surface area contributed by atoms with Crippen molar-refractivity contribution in [2.24, 2.45) is 0 Å². The smallest absolute Gasteiger partial charge is 0.326 e. The van der Waals surface area contributed by atoms with Crippen LogP contribution in [0.3, 0.4) is 0 Å². The summed E-state index contributed by atoms with van der Waals surface area (Å²) in [5.74, 6) is -0.838. The topological polar surface area (TPSA) is 65.1 Å². The van der Waals surface area contributed by atoms with Gasteiger partial charge in [0.2, 0.25) is 0 Å². The lowest BCUT2D eigenvalue weighted by atomic mass is 9.97. The third kappa shape index (κ3) is 3.47. The summed E-state index contributed by atoms with van der Waals surface area (Å²) >= 11 is 0. The molecule has 0 amide bonds. The van der Waals surface area contributed by atoms with Gasteiger partial charge < -0.3 is 10.1 Å². The minimum absolute atomic E-state index is 0.635. The molecule has 0 aromatic carbocycles. The Kier molecular flexibility index (Phi) is 4.59. The van der Waals surface area contributed by atoms with E-state index in [9.17, 15) is 9.90 Å². The van der Waals surface area contributed by atoms with Crippen LogP contribution in [0.4, 0.5) is 0 Å². The van der Waals surface area contributed by atoms with Gasteiger partial charge in [0.25, 0.3) is 0 Å². The van der Waals surface area contributed by atoms with E-state index in [2.05, 4.69) is 16.4 Å². The fraction of sp³-hybridized carbons (Fsp3) is 0.500. The number of aromatic nitrogens is 1. The van der Waals surface area contributed by atoms with Crippen molar-refractivity contribution in [2.45, 2.75) is 38.1 Å². The fourth-order valence-corrected chi connectivity index (χ4v) is 2.36. The van der Waals surface area contributed by atoms with E-state index < -0.39 is 12.0 Å². The molecule has 98 valence electrons. The highest BCUT2D eigenvalue weighted by molar-refractivity contribution is 5.74. The lowest BCUT2D eigenvalue weighted by Crippen LogP contribution is -2.29. The maximum Gasteiger partial charge on any atom is 0.326 e. The van der Waals surface area contributed by atoms with E-state index in [-0.39, 0.29) is 0 Å². The summed E-state index contributed by atoms with van der Waals surface area (Å²) < 4.78 is 0. The van der Waals surface area contributed by atoms with Crippen molar-refractivity contribution in [1.29, 1.82) is 0 Å². The Labute approximate surface area is 107 Å². The highest BCUT2D eigenvalue weighted by Crippen LogP contribution is 2.20. The molecule has 1 heterocycles. The van der Waals surface area contributed by atoms with Crippen LogP contribution >= 0.6 is 0 Å². The van der Waals surface area contributed by atoms with E-state index in [0.29, 0.717) is 12.2 Å². The second-order valence-electron chi connectivity index (χ2n) is 4.71. The number of aliphatic carboxylic acids is 1. The molecule has 0 bridgehead atoms. The van der Waals surface area contributed by atoms with Crippen molar-refractivity contribution in [3.8, 4) is 0 Å². The second kappa shape index (κ2) is 6.40. The fourth-order valence-electron chi connectivity index (χ4n) is 2.36. The van der Waals surface area contributed by atoms with Crippen LogP contribution < -0.4 is 5.32 Å². The molecule has 18 heavy (non-hydrogen) atoms. The first-order valence-electron chi connectivity index (χ1n) is 6.55. The molecule has 2 rings (SSSR count). The Bertz CT molecular complexity index is 409. The molecular formula is C14H20N2O2. The molecule has 0 saturated carbocycles. The first kappa shape index (κ1) is 12.9. The lowest BCUT2D eigenvalue weighted by Gasteiger charge is -2.16. The van der Waals surface area contributed by atoms with Crippen molar-refractivity contribution < 1.29 is 9.90 Å². The molecule has 1 unspecified atom stereocenters. The number of hydrogen-bond acceptors (Lipinski definition) is 2. The van der Waals surface area contributed by atoms with Crippen LogP contribution in [0.1, 0.15) is 43.8 Å². The number of rotatable bonds is 6. The number of carboxylic acids is 1.